The molecule has 15 heavy (non-hydrogen) atoms. The fourth-order valence-corrected chi connectivity index (χ4v) is 1.29. The van der Waals surface area contributed by atoms with Crippen LogP contribution in [0, 0.1) is 6.92 Å². The third kappa shape index (κ3) is 2.20. The van der Waals surface area contributed by atoms with Crippen molar-refractivity contribution >= 4 is 5.65 Å². The highest BCUT2D eigenvalue weighted by molar-refractivity contribution is 5.45. The van der Waals surface area contributed by atoms with Crippen molar-refractivity contribution < 1.29 is 17.9 Å². The van der Waals surface area contributed by atoms with E-state index in [1.54, 1.807) is 17.5 Å². The first-order chi connectivity index (χ1) is 6.94. The van der Waals surface area contributed by atoms with Crippen molar-refractivity contribution in [2.75, 3.05) is 0 Å². The van der Waals surface area contributed by atoms with E-state index < -0.39 is 6.36 Å². The van der Waals surface area contributed by atoms with E-state index in [1.165, 1.54) is 18.3 Å². The molecule has 0 unspecified atom stereocenters. The van der Waals surface area contributed by atoms with Crippen LogP contribution in [-0.4, -0.2) is 15.7 Å². The molecule has 2 aromatic rings. The number of imidazole rings is 1. The number of aromatic nitrogens is 2. The summed E-state index contributed by atoms with van der Waals surface area (Å²) in [5, 5.41) is 0. The monoisotopic (exact) mass is 216 g/mol. The smallest absolute Gasteiger partial charge is 0.406 e. The van der Waals surface area contributed by atoms with Crippen molar-refractivity contribution in [2.45, 2.75) is 13.3 Å². The van der Waals surface area contributed by atoms with E-state index in [0.29, 0.717) is 5.65 Å². The molecule has 6 heteroatoms. The largest absolute Gasteiger partial charge is 0.573 e. The molecule has 0 saturated carbocycles. The first-order valence-corrected chi connectivity index (χ1v) is 4.15. The minimum atomic E-state index is -4.67. The maximum absolute atomic E-state index is 11.9. The topological polar surface area (TPSA) is 26.5 Å². The third-order valence-electron chi connectivity index (χ3n) is 1.79. The number of rotatable bonds is 1. The molecule has 0 aromatic carbocycles. The van der Waals surface area contributed by atoms with Crippen LogP contribution in [0.2, 0.25) is 0 Å². The quantitative estimate of drug-likeness (QED) is 0.732. The number of hydrogen-bond acceptors (Lipinski definition) is 2. The molecule has 0 radical (unpaired) electrons. The zero-order valence-electron chi connectivity index (χ0n) is 7.75. The number of alkyl halides is 3. The van der Waals surface area contributed by atoms with E-state index in [-0.39, 0.29) is 5.75 Å². The Balaban J connectivity index is 2.38. The zero-order valence-corrected chi connectivity index (χ0v) is 7.75. The first kappa shape index (κ1) is 9.82. The molecular formula is C9H7F3N2O. The standard InChI is InChI=1S/C9H7F3N2O/c1-6-5-14-3-2-7(4-8(14)13-6)15-9(10,11)12/h2-5H,1H3. The Hall–Kier alpha value is -1.72. The molecule has 0 N–H and O–H groups in total. The van der Waals surface area contributed by atoms with Crippen LogP contribution >= 0.6 is 0 Å². The molecule has 2 aromatic heterocycles. The molecule has 0 bridgehead atoms. The Morgan fingerprint density at radius 2 is 2.13 bits per heavy atom. The lowest BCUT2D eigenvalue weighted by Gasteiger charge is -2.08. The molecule has 0 aliphatic heterocycles. The third-order valence-corrected chi connectivity index (χ3v) is 1.79. The summed E-state index contributed by atoms with van der Waals surface area (Å²) in [6.07, 6.45) is -1.48. The summed E-state index contributed by atoms with van der Waals surface area (Å²) >= 11 is 0. The second kappa shape index (κ2) is 3.15. The van der Waals surface area contributed by atoms with Crippen LogP contribution in [0.5, 0.6) is 5.75 Å². The van der Waals surface area contributed by atoms with Gasteiger partial charge in [0.05, 0.1) is 5.69 Å². The van der Waals surface area contributed by atoms with Gasteiger partial charge < -0.3 is 9.14 Å². The molecule has 2 rings (SSSR count). The van der Waals surface area contributed by atoms with E-state index in [1.807, 2.05) is 0 Å². The van der Waals surface area contributed by atoms with Crippen molar-refractivity contribution in [1.82, 2.24) is 9.38 Å². The zero-order chi connectivity index (χ0) is 11.1. The van der Waals surface area contributed by atoms with E-state index in [4.69, 9.17) is 0 Å². The maximum atomic E-state index is 11.9. The highest BCUT2D eigenvalue weighted by Crippen LogP contribution is 2.23. The first-order valence-electron chi connectivity index (χ1n) is 4.15. The molecule has 0 aliphatic carbocycles. The van der Waals surface area contributed by atoms with Gasteiger partial charge in [-0.15, -0.1) is 13.2 Å². The van der Waals surface area contributed by atoms with E-state index >= 15 is 0 Å². The molecule has 0 aliphatic rings. The molecule has 2 heterocycles. The Labute approximate surface area is 83.1 Å². The summed E-state index contributed by atoms with van der Waals surface area (Å²) in [6, 6.07) is 2.47. The van der Waals surface area contributed by atoms with Crippen molar-refractivity contribution in [2.24, 2.45) is 0 Å². The van der Waals surface area contributed by atoms with Crippen LogP contribution in [-0.2, 0) is 0 Å². The number of hydrogen-bond donors (Lipinski definition) is 0. The van der Waals surface area contributed by atoms with E-state index in [9.17, 15) is 13.2 Å². The van der Waals surface area contributed by atoms with Crippen LogP contribution in [0.1, 0.15) is 5.69 Å². The lowest BCUT2D eigenvalue weighted by atomic mass is 10.4. The summed E-state index contributed by atoms with van der Waals surface area (Å²) in [4.78, 5) is 4.02. The highest BCUT2D eigenvalue weighted by atomic mass is 19.4. The fraction of sp³-hybridized carbons (Fsp3) is 0.222. The number of ether oxygens (including phenoxy) is 1. The van der Waals surface area contributed by atoms with Gasteiger partial charge in [-0.1, -0.05) is 0 Å². The van der Waals surface area contributed by atoms with Gasteiger partial charge in [0.2, 0.25) is 0 Å². The van der Waals surface area contributed by atoms with E-state index in [2.05, 4.69) is 9.72 Å². The van der Waals surface area contributed by atoms with Crippen LogP contribution in [0.4, 0.5) is 13.2 Å². The van der Waals surface area contributed by atoms with Crippen molar-refractivity contribution in [3.63, 3.8) is 0 Å². The van der Waals surface area contributed by atoms with Crippen molar-refractivity contribution in [1.29, 1.82) is 0 Å². The van der Waals surface area contributed by atoms with Gasteiger partial charge in [0.1, 0.15) is 11.4 Å². The number of fused-ring (bicyclic) bond motifs is 1. The Bertz CT molecular complexity index is 490. The van der Waals surface area contributed by atoms with Crippen LogP contribution in [0.3, 0.4) is 0 Å². The van der Waals surface area contributed by atoms with Crippen LogP contribution in [0.15, 0.2) is 24.5 Å². The molecular weight excluding hydrogens is 209 g/mol. The van der Waals surface area contributed by atoms with Crippen LogP contribution < -0.4 is 4.74 Å². The SMILES string of the molecule is Cc1cn2ccc(OC(F)(F)F)cc2n1. The number of nitrogens with zero attached hydrogens (tertiary/aromatic N) is 2. The minimum absolute atomic E-state index is 0.263. The molecule has 0 amide bonds. The van der Waals surface area contributed by atoms with Gasteiger partial charge in [-0.3, -0.25) is 0 Å². The second-order valence-electron chi connectivity index (χ2n) is 3.06. The predicted octanol–water partition coefficient (Wildman–Crippen LogP) is 2.54. The molecule has 0 saturated heterocycles. The molecule has 80 valence electrons. The number of aryl methyl sites for hydroxylation is 1. The summed E-state index contributed by atoms with van der Waals surface area (Å²) in [7, 11) is 0. The average molecular weight is 216 g/mol. The number of halogens is 3. The molecule has 0 atom stereocenters. The lowest BCUT2D eigenvalue weighted by molar-refractivity contribution is -0.274. The summed E-state index contributed by atoms with van der Waals surface area (Å²) in [6.45, 7) is 1.76. The van der Waals surface area contributed by atoms with Gasteiger partial charge in [0, 0.05) is 18.5 Å². The Morgan fingerprint density at radius 1 is 1.40 bits per heavy atom. The molecule has 0 spiro atoms. The van der Waals surface area contributed by atoms with Gasteiger partial charge in [-0.05, 0) is 13.0 Å². The normalized spacial score (nSPS) is 12.0. The van der Waals surface area contributed by atoms with Gasteiger partial charge >= 0.3 is 6.36 Å². The fourth-order valence-electron chi connectivity index (χ4n) is 1.29. The Kier molecular flexibility index (Phi) is 2.06. The van der Waals surface area contributed by atoms with Gasteiger partial charge in [-0.25, -0.2) is 4.98 Å². The maximum Gasteiger partial charge on any atom is 0.573 e. The Morgan fingerprint density at radius 3 is 2.80 bits per heavy atom. The predicted molar refractivity (Wildman–Crippen MR) is 46.6 cm³/mol. The summed E-state index contributed by atoms with van der Waals surface area (Å²) in [5.41, 5.74) is 1.16. The second-order valence-corrected chi connectivity index (χ2v) is 3.06. The summed E-state index contributed by atoms with van der Waals surface area (Å²) < 4.78 is 41.1. The molecule has 0 fully saturated rings. The van der Waals surface area contributed by atoms with Crippen molar-refractivity contribution in [3.8, 4) is 5.75 Å². The average Bonchev–Trinajstić information content (AvgIpc) is 2.40. The lowest BCUT2D eigenvalue weighted by Crippen LogP contribution is -2.17. The van der Waals surface area contributed by atoms with Gasteiger partial charge in [0.25, 0.3) is 0 Å². The van der Waals surface area contributed by atoms with E-state index in [0.717, 1.165) is 5.69 Å². The molecule has 3 nitrogen and oxygen atoms in total. The summed E-state index contributed by atoms with van der Waals surface area (Å²) in [5.74, 6) is -0.263. The highest BCUT2D eigenvalue weighted by Gasteiger charge is 2.31. The van der Waals surface area contributed by atoms with Gasteiger partial charge in [0.15, 0.2) is 0 Å². The number of pyridine rings is 1. The minimum Gasteiger partial charge on any atom is -0.406 e. The van der Waals surface area contributed by atoms with Crippen LogP contribution in [0.25, 0.3) is 5.65 Å². The van der Waals surface area contributed by atoms with Crippen molar-refractivity contribution in [3.05, 3.63) is 30.2 Å². The van der Waals surface area contributed by atoms with Gasteiger partial charge in [-0.2, -0.15) is 0 Å².